The van der Waals surface area contributed by atoms with E-state index in [0.29, 0.717) is 5.41 Å². The number of rotatable bonds is 6. The fraction of sp³-hybridized carbons (Fsp3) is 0.688. The van der Waals surface area contributed by atoms with Gasteiger partial charge >= 0.3 is 0 Å². The first-order valence-corrected chi connectivity index (χ1v) is 8.56. The Bertz CT molecular complexity index is 458. The molecule has 0 radical (unpaired) electrons. The Morgan fingerprint density at radius 1 is 1.50 bits per heavy atom. The van der Waals surface area contributed by atoms with Gasteiger partial charge in [0, 0.05) is 32.1 Å². The summed E-state index contributed by atoms with van der Waals surface area (Å²) in [5.41, 5.74) is 0.629. The summed E-state index contributed by atoms with van der Waals surface area (Å²) in [4.78, 5) is 8.13. The van der Waals surface area contributed by atoms with E-state index >= 15 is 0 Å². The number of hydrogen-bond acceptors (Lipinski definition) is 2. The van der Waals surface area contributed by atoms with E-state index in [0.717, 1.165) is 31.4 Å². The second-order valence-corrected chi connectivity index (χ2v) is 7.32. The fourth-order valence-corrected chi connectivity index (χ4v) is 3.76. The molecule has 1 heterocycles. The summed E-state index contributed by atoms with van der Waals surface area (Å²) in [7, 11) is 4.03. The minimum atomic E-state index is 0.629. The van der Waals surface area contributed by atoms with E-state index in [9.17, 15) is 0 Å². The molecule has 2 fully saturated rings. The SMILES string of the molecule is CN=C(NCC1(C2CC2)CC1)N(C)CCc1cccs1. The quantitative estimate of drug-likeness (QED) is 0.644. The molecular weight excluding hydrogens is 266 g/mol. The molecule has 0 aliphatic heterocycles. The lowest BCUT2D eigenvalue weighted by atomic mass is 10.0. The van der Waals surface area contributed by atoms with E-state index in [1.807, 2.05) is 18.4 Å². The van der Waals surface area contributed by atoms with Gasteiger partial charge in [0.2, 0.25) is 0 Å². The van der Waals surface area contributed by atoms with Crippen LogP contribution < -0.4 is 5.32 Å². The van der Waals surface area contributed by atoms with Crippen molar-refractivity contribution in [2.45, 2.75) is 32.1 Å². The predicted octanol–water partition coefficient (Wildman–Crippen LogP) is 2.99. The number of thiophene rings is 1. The van der Waals surface area contributed by atoms with Gasteiger partial charge in [-0.15, -0.1) is 11.3 Å². The Morgan fingerprint density at radius 2 is 2.30 bits per heavy atom. The summed E-state index contributed by atoms with van der Waals surface area (Å²) in [6.45, 7) is 2.14. The van der Waals surface area contributed by atoms with Gasteiger partial charge in [0.25, 0.3) is 0 Å². The first kappa shape index (κ1) is 13.9. The van der Waals surface area contributed by atoms with Crippen molar-refractivity contribution >= 4 is 17.3 Å². The van der Waals surface area contributed by atoms with Crippen LogP contribution in [0, 0.1) is 11.3 Å². The zero-order valence-corrected chi connectivity index (χ0v) is 13.4. The first-order valence-electron chi connectivity index (χ1n) is 7.68. The molecule has 20 heavy (non-hydrogen) atoms. The van der Waals surface area contributed by atoms with Crippen LogP contribution >= 0.6 is 11.3 Å². The van der Waals surface area contributed by atoms with Crippen molar-refractivity contribution in [3.63, 3.8) is 0 Å². The Balaban J connectivity index is 1.46. The third-order valence-electron chi connectivity index (χ3n) is 4.78. The fourth-order valence-electron chi connectivity index (χ4n) is 3.06. The van der Waals surface area contributed by atoms with Crippen LogP contribution in [0.2, 0.25) is 0 Å². The molecular formula is C16H25N3S. The average Bonchev–Trinajstić information content (AvgIpc) is 3.36. The number of hydrogen-bond donors (Lipinski definition) is 1. The number of aliphatic imine (C=N–C) groups is 1. The molecule has 0 amide bonds. The maximum Gasteiger partial charge on any atom is 0.193 e. The monoisotopic (exact) mass is 291 g/mol. The molecule has 3 rings (SSSR count). The van der Waals surface area contributed by atoms with Crippen LogP contribution in [-0.2, 0) is 6.42 Å². The van der Waals surface area contributed by atoms with E-state index in [-0.39, 0.29) is 0 Å². The molecule has 0 aromatic carbocycles. The highest BCUT2D eigenvalue weighted by Crippen LogP contribution is 2.60. The van der Waals surface area contributed by atoms with E-state index in [1.165, 1.54) is 30.6 Å². The maximum absolute atomic E-state index is 4.43. The van der Waals surface area contributed by atoms with E-state index in [2.05, 4.69) is 39.8 Å². The van der Waals surface area contributed by atoms with Crippen LogP contribution in [0.1, 0.15) is 30.6 Å². The zero-order valence-electron chi connectivity index (χ0n) is 12.6. The number of nitrogens with one attached hydrogen (secondary N) is 1. The average molecular weight is 291 g/mol. The third-order valence-corrected chi connectivity index (χ3v) is 5.72. The van der Waals surface area contributed by atoms with Crippen LogP contribution in [-0.4, -0.2) is 38.0 Å². The Morgan fingerprint density at radius 3 is 2.85 bits per heavy atom. The van der Waals surface area contributed by atoms with Gasteiger partial charge in [0.1, 0.15) is 0 Å². The van der Waals surface area contributed by atoms with Gasteiger partial charge in [0.15, 0.2) is 5.96 Å². The van der Waals surface area contributed by atoms with Crippen molar-refractivity contribution in [3.8, 4) is 0 Å². The highest BCUT2D eigenvalue weighted by atomic mass is 32.1. The number of guanidine groups is 1. The van der Waals surface area contributed by atoms with Crippen LogP contribution in [0.25, 0.3) is 0 Å². The summed E-state index contributed by atoms with van der Waals surface area (Å²) < 4.78 is 0. The number of nitrogens with zero attached hydrogens (tertiary/aromatic N) is 2. The van der Waals surface area contributed by atoms with Crippen LogP contribution in [0.4, 0.5) is 0 Å². The molecule has 2 saturated carbocycles. The van der Waals surface area contributed by atoms with Crippen molar-refractivity contribution in [2.75, 3.05) is 27.2 Å². The van der Waals surface area contributed by atoms with Crippen LogP contribution in [0.3, 0.4) is 0 Å². The molecule has 4 heteroatoms. The second-order valence-electron chi connectivity index (χ2n) is 6.29. The molecule has 3 nitrogen and oxygen atoms in total. The summed E-state index contributed by atoms with van der Waals surface area (Å²) in [6.07, 6.45) is 6.84. The summed E-state index contributed by atoms with van der Waals surface area (Å²) in [5, 5.41) is 5.75. The minimum Gasteiger partial charge on any atom is -0.356 e. The van der Waals surface area contributed by atoms with Gasteiger partial charge in [-0.3, -0.25) is 4.99 Å². The third kappa shape index (κ3) is 3.17. The highest BCUT2D eigenvalue weighted by molar-refractivity contribution is 7.09. The molecule has 2 aliphatic carbocycles. The van der Waals surface area contributed by atoms with Gasteiger partial charge in [-0.2, -0.15) is 0 Å². The standard InChI is InChI=1S/C16H25N3S/c1-17-15(18-12-16(8-9-16)13-5-6-13)19(2)10-7-14-4-3-11-20-14/h3-4,11,13H,5-10,12H2,1-2H3,(H,17,18). The van der Waals surface area contributed by atoms with Gasteiger partial charge in [0.05, 0.1) is 0 Å². The topological polar surface area (TPSA) is 27.6 Å². The van der Waals surface area contributed by atoms with Crippen LogP contribution in [0.5, 0.6) is 0 Å². The lowest BCUT2D eigenvalue weighted by Gasteiger charge is -2.24. The normalized spacial score (nSPS) is 20.8. The molecule has 0 unspecified atom stereocenters. The second kappa shape index (κ2) is 5.76. The van der Waals surface area contributed by atoms with Crippen LogP contribution in [0.15, 0.2) is 22.5 Å². The van der Waals surface area contributed by atoms with Gasteiger partial charge in [-0.05, 0) is 54.9 Å². The first-order chi connectivity index (χ1) is 9.73. The minimum absolute atomic E-state index is 0.629. The largest absolute Gasteiger partial charge is 0.356 e. The molecule has 2 aliphatic rings. The molecule has 0 atom stereocenters. The molecule has 0 spiro atoms. The van der Waals surface area contributed by atoms with E-state index in [1.54, 1.807) is 0 Å². The Hall–Kier alpha value is -1.03. The zero-order chi connectivity index (χ0) is 14.0. The molecule has 110 valence electrons. The smallest absolute Gasteiger partial charge is 0.193 e. The Kier molecular flexibility index (Phi) is 4.01. The molecule has 0 saturated heterocycles. The van der Waals surface area contributed by atoms with Crippen molar-refractivity contribution in [1.29, 1.82) is 0 Å². The van der Waals surface area contributed by atoms with Crippen molar-refractivity contribution in [2.24, 2.45) is 16.3 Å². The molecule has 1 N–H and O–H groups in total. The summed E-state index contributed by atoms with van der Waals surface area (Å²) >= 11 is 1.84. The number of likely N-dealkylation sites (N-methyl/N-ethyl adjacent to an activating group) is 1. The molecule has 1 aromatic heterocycles. The predicted molar refractivity (Wildman–Crippen MR) is 86.4 cm³/mol. The molecule has 0 bridgehead atoms. The van der Waals surface area contributed by atoms with E-state index < -0.39 is 0 Å². The molecule has 1 aromatic rings. The Labute approximate surface area is 126 Å². The van der Waals surface area contributed by atoms with Gasteiger partial charge in [-0.1, -0.05) is 6.07 Å². The van der Waals surface area contributed by atoms with E-state index in [4.69, 9.17) is 0 Å². The summed E-state index contributed by atoms with van der Waals surface area (Å²) in [6, 6.07) is 4.33. The van der Waals surface area contributed by atoms with Crippen molar-refractivity contribution in [1.82, 2.24) is 10.2 Å². The van der Waals surface area contributed by atoms with Gasteiger partial charge < -0.3 is 10.2 Å². The summed E-state index contributed by atoms with van der Waals surface area (Å²) in [5.74, 6) is 2.05. The lowest BCUT2D eigenvalue weighted by Crippen LogP contribution is -2.42. The highest BCUT2D eigenvalue weighted by Gasteiger charge is 2.53. The van der Waals surface area contributed by atoms with Crippen molar-refractivity contribution in [3.05, 3.63) is 22.4 Å². The lowest BCUT2D eigenvalue weighted by molar-refractivity contribution is 0.412. The maximum atomic E-state index is 4.43. The van der Waals surface area contributed by atoms with Gasteiger partial charge in [-0.25, -0.2) is 0 Å². The van der Waals surface area contributed by atoms with Crippen molar-refractivity contribution < 1.29 is 0 Å².